The smallest absolute Gasteiger partial charge is 0.274 e. The predicted molar refractivity (Wildman–Crippen MR) is 106 cm³/mol. The normalized spacial score (nSPS) is 20.4. The zero-order chi connectivity index (χ0) is 20.5. The van der Waals surface area contributed by atoms with Gasteiger partial charge < -0.3 is 4.90 Å². The highest BCUT2D eigenvalue weighted by atomic mass is 16.2. The fourth-order valence-electron chi connectivity index (χ4n) is 3.85. The highest BCUT2D eigenvalue weighted by Crippen LogP contribution is 2.35. The van der Waals surface area contributed by atoms with E-state index in [-0.39, 0.29) is 5.91 Å². The molecule has 0 N–H and O–H groups in total. The fraction of sp³-hybridized carbons (Fsp3) is 0.737. The van der Waals surface area contributed by atoms with Crippen molar-refractivity contribution in [3.05, 3.63) is 23.3 Å². The second-order valence-electron chi connectivity index (χ2n) is 8.46. The van der Waals surface area contributed by atoms with Gasteiger partial charge in [0.2, 0.25) is 0 Å². The Hall–Kier alpha value is -2.29. The van der Waals surface area contributed by atoms with Crippen LogP contribution in [0.5, 0.6) is 0 Å². The fourth-order valence-corrected chi connectivity index (χ4v) is 3.85. The molecule has 1 unspecified atom stereocenters. The van der Waals surface area contributed by atoms with E-state index in [9.17, 15) is 4.79 Å². The highest BCUT2D eigenvalue weighted by molar-refractivity contribution is 5.92. The molecule has 1 aliphatic rings. The minimum Gasteiger partial charge on any atom is -0.335 e. The Morgan fingerprint density at radius 2 is 2.11 bits per heavy atom. The highest BCUT2D eigenvalue weighted by Gasteiger charge is 2.45. The number of piperidine rings is 1. The van der Waals surface area contributed by atoms with Gasteiger partial charge in [-0.25, -0.2) is 4.68 Å². The standard InChI is InChI=1S/C19H32N8O/c1-14(2)8-11-27-18(20-22-23-27)19(24(4)5)9-7-10-26(13-19)17(28)16-12-15(3)25(6)21-16/h12,14H,7-11,13H2,1-6H3. The number of likely N-dealkylation sites (tertiary alicyclic amines) is 1. The summed E-state index contributed by atoms with van der Waals surface area (Å²) in [4.78, 5) is 17.2. The van der Waals surface area contributed by atoms with Gasteiger partial charge in [0.1, 0.15) is 5.54 Å². The molecule has 0 aliphatic carbocycles. The predicted octanol–water partition coefficient (Wildman–Crippen LogP) is 1.45. The molecule has 28 heavy (non-hydrogen) atoms. The molecule has 0 saturated carbocycles. The number of carbonyl (C=O) groups is 1. The first-order chi connectivity index (χ1) is 13.2. The van der Waals surface area contributed by atoms with Crippen molar-refractivity contribution in [2.75, 3.05) is 27.2 Å². The molecule has 1 atom stereocenters. The summed E-state index contributed by atoms with van der Waals surface area (Å²) in [6.07, 6.45) is 2.82. The third-order valence-electron chi connectivity index (χ3n) is 5.81. The molecule has 3 rings (SSSR count). The minimum atomic E-state index is -0.405. The van der Waals surface area contributed by atoms with E-state index in [1.807, 2.05) is 43.7 Å². The van der Waals surface area contributed by atoms with Gasteiger partial charge in [-0.15, -0.1) is 5.10 Å². The van der Waals surface area contributed by atoms with E-state index in [0.29, 0.717) is 18.2 Å². The maximum atomic E-state index is 13.1. The molecular weight excluding hydrogens is 356 g/mol. The Bertz CT molecular complexity index is 804. The summed E-state index contributed by atoms with van der Waals surface area (Å²) >= 11 is 0. The summed E-state index contributed by atoms with van der Waals surface area (Å²) in [7, 11) is 5.94. The number of amides is 1. The van der Waals surface area contributed by atoms with Crippen LogP contribution in [0.1, 0.15) is 55.1 Å². The Morgan fingerprint density at radius 3 is 2.71 bits per heavy atom. The second-order valence-corrected chi connectivity index (χ2v) is 8.46. The van der Waals surface area contributed by atoms with E-state index in [1.165, 1.54) is 0 Å². The average molecular weight is 389 g/mol. The van der Waals surface area contributed by atoms with E-state index >= 15 is 0 Å². The van der Waals surface area contributed by atoms with Crippen molar-refractivity contribution in [2.24, 2.45) is 13.0 Å². The number of nitrogens with zero attached hydrogens (tertiary/aromatic N) is 8. The maximum absolute atomic E-state index is 13.1. The lowest BCUT2D eigenvalue weighted by Crippen LogP contribution is -2.56. The Morgan fingerprint density at radius 1 is 1.36 bits per heavy atom. The van der Waals surface area contributed by atoms with Crippen LogP contribution in [0, 0.1) is 12.8 Å². The molecule has 2 aromatic heterocycles. The molecule has 3 heterocycles. The molecule has 154 valence electrons. The van der Waals surface area contributed by atoms with Crippen molar-refractivity contribution in [3.63, 3.8) is 0 Å². The van der Waals surface area contributed by atoms with Gasteiger partial charge >= 0.3 is 0 Å². The maximum Gasteiger partial charge on any atom is 0.274 e. The van der Waals surface area contributed by atoms with Gasteiger partial charge in [-0.2, -0.15) is 5.10 Å². The quantitative estimate of drug-likeness (QED) is 0.745. The minimum absolute atomic E-state index is 0.0316. The molecule has 2 aromatic rings. The molecule has 1 amide bonds. The summed E-state index contributed by atoms with van der Waals surface area (Å²) in [5, 5.41) is 17.0. The average Bonchev–Trinajstić information content (AvgIpc) is 3.26. The molecule has 0 radical (unpaired) electrons. The molecule has 9 heteroatoms. The van der Waals surface area contributed by atoms with Crippen molar-refractivity contribution in [1.29, 1.82) is 0 Å². The van der Waals surface area contributed by atoms with Gasteiger partial charge in [0.15, 0.2) is 11.5 Å². The second kappa shape index (κ2) is 7.98. The number of rotatable bonds is 6. The van der Waals surface area contributed by atoms with Gasteiger partial charge in [-0.05, 0) is 62.7 Å². The van der Waals surface area contributed by atoms with Gasteiger partial charge in [-0.3, -0.25) is 14.4 Å². The van der Waals surface area contributed by atoms with Crippen LogP contribution >= 0.6 is 0 Å². The number of likely N-dealkylation sites (N-methyl/N-ethyl adjacent to an activating group) is 1. The van der Waals surface area contributed by atoms with Crippen LogP contribution in [-0.2, 0) is 19.1 Å². The first kappa shape index (κ1) is 20.4. The monoisotopic (exact) mass is 388 g/mol. The largest absolute Gasteiger partial charge is 0.335 e. The summed E-state index contributed by atoms with van der Waals surface area (Å²) in [5.41, 5.74) is 1.06. The zero-order valence-corrected chi connectivity index (χ0v) is 17.9. The van der Waals surface area contributed by atoms with E-state index in [1.54, 1.807) is 4.68 Å². The van der Waals surface area contributed by atoms with Crippen molar-refractivity contribution in [1.82, 2.24) is 39.8 Å². The zero-order valence-electron chi connectivity index (χ0n) is 17.9. The van der Waals surface area contributed by atoms with Gasteiger partial charge in [0, 0.05) is 32.4 Å². The number of hydrogen-bond acceptors (Lipinski definition) is 6. The Labute approximate surface area is 166 Å². The molecule has 0 aromatic carbocycles. The molecular formula is C19H32N8O. The number of hydrogen-bond donors (Lipinski definition) is 0. The van der Waals surface area contributed by atoms with Crippen LogP contribution in [0.4, 0.5) is 0 Å². The van der Waals surface area contributed by atoms with Crippen molar-refractivity contribution in [2.45, 2.75) is 52.1 Å². The van der Waals surface area contributed by atoms with Crippen molar-refractivity contribution >= 4 is 5.91 Å². The number of aryl methyl sites for hydroxylation is 3. The SMILES string of the molecule is Cc1cc(C(=O)N2CCCC(c3nnnn3CCC(C)C)(N(C)C)C2)nn1C. The topological polar surface area (TPSA) is 85.0 Å². The van der Waals surface area contributed by atoms with Gasteiger partial charge in [0.05, 0.1) is 0 Å². The summed E-state index contributed by atoms with van der Waals surface area (Å²) in [6, 6.07) is 1.85. The van der Waals surface area contributed by atoms with E-state index in [2.05, 4.69) is 39.4 Å². The van der Waals surface area contributed by atoms with E-state index < -0.39 is 5.54 Å². The molecule has 1 saturated heterocycles. The van der Waals surface area contributed by atoms with Gasteiger partial charge in [-0.1, -0.05) is 13.8 Å². The van der Waals surface area contributed by atoms with Crippen LogP contribution in [0.15, 0.2) is 6.07 Å². The third-order valence-corrected chi connectivity index (χ3v) is 5.81. The number of aromatic nitrogens is 6. The first-order valence-electron chi connectivity index (χ1n) is 9.98. The lowest BCUT2D eigenvalue weighted by atomic mass is 9.86. The van der Waals surface area contributed by atoms with Crippen molar-refractivity contribution < 1.29 is 4.79 Å². The molecule has 1 fully saturated rings. The molecule has 0 bridgehead atoms. The summed E-state index contributed by atoms with van der Waals surface area (Å²) in [6.45, 7) is 8.40. The third kappa shape index (κ3) is 3.80. The van der Waals surface area contributed by atoms with Crippen LogP contribution < -0.4 is 0 Å². The van der Waals surface area contributed by atoms with E-state index in [4.69, 9.17) is 0 Å². The van der Waals surface area contributed by atoms with Crippen LogP contribution in [-0.4, -0.2) is 72.9 Å². The van der Waals surface area contributed by atoms with Crippen LogP contribution in [0.3, 0.4) is 0 Å². The van der Waals surface area contributed by atoms with Crippen molar-refractivity contribution in [3.8, 4) is 0 Å². The van der Waals surface area contributed by atoms with Crippen LogP contribution in [0.25, 0.3) is 0 Å². The van der Waals surface area contributed by atoms with E-state index in [0.717, 1.165) is 43.9 Å². The molecule has 0 spiro atoms. The summed E-state index contributed by atoms with van der Waals surface area (Å²) < 4.78 is 3.65. The number of carbonyl (C=O) groups excluding carboxylic acids is 1. The molecule has 1 aliphatic heterocycles. The Kier molecular flexibility index (Phi) is 5.83. The van der Waals surface area contributed by atoms with Gasteiger partial charge in [0.25, 0.3) is 5.91 Å². The lowest BCUT2D eigenvalue weighted by molar-refractivity contribution is 0.0252. The Balaban J connectivity index is 1.89. The summed E-state index contributed by atoms with van der Waals surface area (Å²) in [5.74, 6) is 1.38. The van der Waals surface area contributed by atoms with Crippen LogP contribution in [0.2, 0.25) is 0 Å². The number of tetrazole rings is 1. The first-order valence-corrected chi connectivity index (χ1v) is 9.98. The molecule has 9 nitrogen and oxygen atoms in total. The lowest BCUT2D eigenvalue weighted by Gasteiger charge is -2.45.